The van der Waals surface area contributed by atoms with Gasteiger partial charge in [0.1, 0.15) is 0 Å². The standard InChI is InChI=1S/C64H72N8O20.Al.H2O4S/c1-9-77-17-25-85-49-33-41-42(34-50(49)86-26-18-78-10-2-73-1)58-65-57(41)69-59-43-35-51-52(88-28-20-80-12-4-74-3-11-79-19-27-87-51)36-44(43)61(66-59)71-63-47-39-55-56(92-32-24-84-16-8-76-7-15-83-23-31-91-55)40-48(47)64(68-63)72-62-46-38-54-53(37-45(46)60(67-62)70-58)89-29-21-81-13-5-75-6-14-82-22-30-90-54;;1-5(2,3)4/h33-40H,1-32H2;;(H2,1,2,3,4)/q-2;+3;/p-1. The van der Waals surface area contributed by atoms with E-state index >= 15 is 0 Å². The molecule has 1 N–H and O–H groups in total. The third kappa shape index (κ3) is 17.6. The van der Waals surface area contributed by atoms with E-state index in [-0.39, 0.29) is 52.9 Å². The van der Waals surface area contributed by atoms with Crippen LogP contribution in [0.15, 0.2) is 48.5 Å². The first-order chi connectivity index (χ1) is 48.2. The average molecular weight is 1400 g/mol. The van der Waals surface area contributed by atoms with Crippen molar-refractivity contribution >= 4 is 69.8 Å². The molecule has 34 heteroatoms. The number of aromatic nitrogens is 8. The van der Waals surface area contributed by atoms with Crippen molar-refractivity contribution in [3.63, 3.8) is 0 Å². The minimum absolute atomic E-state index is 0.207. The summed E-state index contributed by atoms with van der Waals surface area (Å²) >= 11 is -1.19. The van der Waals surface area contributed by atoms with Crippen molar-refractivity contribution in [2.24, 2.45) is 0 Å². The van der Waals surface area contributed by atoms with Gasteiger partial charge < -0.3 is 14.0 Å². The summed E-state index contributed by atoms with van der Waals surface area (Å²) < 4.78 is 160. The van der Waals surface area contributed by atoms with Crippen molar-refractivity contribution in [1.82, 2.24) is 36.6 Å². The molecule has 8 aromatic rings. The third-order valence-corrected chi connectivity index (χ3v) is 17.0. The van der Waals surface area contributed by atoms with Gasteiger partial charge in [-0.3, -0.25) is 4.55 Å². The Hall–Kier alpha value is -7.44. The van der Waals surface area contributed by atoms with Gasteiger partial charge in [-0.15, -0.1) is 0 Å². The van der Waals surface area contributed by atoms with Crippen LogP contribution in [-0.4, -0.2) is 281 Å². The molecule has 0 saturated carbocycles. The van der Waals surface area contributed by atoms with Gasteiger partial charge in [0.05, 0.1) is 26.4 Å². The molecule has 0 amide bonds. The predicted octanol–water partition coefficient (Wildman–Crippen LogP) is 4.35. The van der Waals surface area contributed by atoms with Gasteiger partial charge in [-0.05, 0) is 0 Å². The van der Waals surface area contributed by atoms with Crippen molar-refractivity contribution in [3.8, 4) is 91.5 Å². The zero-order valence-corrected chi connectivity index (χ0v) is 55.6. The SMILES string of the molecule is O=S(=O)([O-])O.c1c2c(cc3c1-c1nc-3nc3c4cc5c(cc4c4nc6nc(nc7c8cc9c(cc8c(n1)[n]7[Al+][n]34)OCCOCCOCCOCCO9)-c1cc3c(cc1-6)OCCOCCOCCOCCO3)OCCOCCOCCOCCO5)OCCOCCOCCOCCO2. The van der Waals surface area contributed by atoms with Crippen LogP contribution < -0.4 is 37.9 Å². The van der Waals surface area contributed by atoms with E-state index in [0.717, 1.165) is 0 Å². The van der Waals surface area contributed by atoms with Crippen LogP contribution in [0.5, 0.6) is 46.0 Å². The van der Waals surface area contributed by atoms with Crippen LogP contribution in [0, 0.1) is 0 Å². The molecule has 0 fully saturated rings. The number of hydrogen-bond acceptors (Lipinski definition) is 29. The molecule has 0 radical (unpaired) electrons. The first kappa shape index (κ1) is 69.1. The number of benzene rings is 4. The van der Waals surface area contributed by atoms with Crippen molar-refractivity contribution in [2.75, 3.05) is 211 Å². The zero-order chi connectivity index (χ0) is 66.9. The van der Waals surface area contributed by atoms with Gasteiger partial charge >= 0.3 is 506 Å². The van der Waals surface area contributed by atoms with E-state index in [0.29, 0.717) is 294 Å². The third-order valence-electron chi connectivity index (χ3n) is 15.5. The molecule has 0 aliphatic carbocycles. The van der Waals surface area contributed by atoms with E-state index in [4.69, 9.17) is 142 Å². The fraction of sp³-hybridized carbons (Fsp3) is 0.500. The normalized spacial score (nSPS) is 18.6. The number of ether oxygens (including phenoxy) is 20. The van der Waals surface area contributed by atoms with Crippen LogP contribution in [0.25, 0.3) is 89.7 Å². The molecular formula is C64H73AlN8O24S. The van der Waals surface area contributed by atoms with Crippen LogP contribution in [0.4, 0.5) is 0 Å². The van der Waals surface area contributed by atoms with E-state index in [1.165, 1.54) is 0 Å². The Morgan fingerprint density at radius 1 is 0.276 bits per heavy atom. The Morgan fingerprint density at radius 2 is 0.429 bits per heavy atom. The maximum atomic E-state index is 8.63. The summed E-state index contributed by atoms with van der Waals surface area (Å²) in [6.45, 7) is 10.6. The summed E-state index contributed by atoms with van der Waals surface area (Å²) in [6, 6.07) is 15.4. The van der Waals surface area contributed by atoms with Gasteiger partial charge in [0.15, 0.2) is 0 Å². The summed E-state index contributed by atoms with van der Waals surface area (Å²) in [4.78, 5) is 33.2. The van der Waals surface area contributed by atoms with Crippen molar-refractivity contribution in [1.29, 1.82) is 0 Å². The van der Waals surface area contributed by atoms with Crippen molar-refractivity contribution in [3.05, 3.63) is 48.5 Å². The molecule has 0 unspecified atom stereocenters. The number of hydrogen-bond donors (Lipinski definition) is 1. The topological polar surface area (TPSA) is 348 Å². The van der Waals surface area contributed by atoms with Crippen LogP contribution in [-0.2, 0) is 67.2 Å². The molecule has 14 rings (SSSR count). The molecule has 6 bridgehead atoms. The molecule has 6 aliphatic heterocycles. The molecule has 0 spiro atoms. The van der Waals surface area contributed by atoms with Crippen molar-refractivity contribution < 1.29 is 112 Å². The number of nitrogens with zero attached hydrogens (tertiary/aromatic N) is 8. The first-order valence-electron chi connectivity index (χ1n) is 32.3. The average Bonchev–Trinajstić information content (AvgIpc) is 1.56. The molecule has 10 heterocycles. The molecule has 6 aliphatic rings. The monoisotopic (exact) mass is 1400 g/mol. The molecule has 0 atom stereocenters. The number of rotatable bonds is 0. The molecular weight excluding hydrogens is 1320 g/mol. The zero-order valence-electron chi connectivity index (χ0n) is 53.6. The van der Waals surface area contributed by atoms with Gasteiger partial charge in [0.25, 0.3) is 0 Å². The van der Waals surface area contributed by atoms with Gasteiger partial charge in [0, 0.05) is 0 Å². The van der Waals surface area contributed by atoms with E-state index in [1.54, 1.807) is 0 Å². The molecule has 0 saturated heterocycles. The molecule has 522 valence electrons. The second-order valence-electron chi connectivity index (χ2n) is 22.1. The van der Waals surface area contributed by atoms with E-state index in [1.807, 2.05) is 48.5 Å². The van der Waals surface area contributed by atoms with E-state index in [2.05, 4.69) is 6.73 Å². The van der Waals surface area contributed by atoms with Gasteiger partial charge in [-0.1, -0.05) is 0 Å². The second-order valence-corrected chi connectivity index (χ2v) is 24.2. The Balaban J connectivity index is 0.00000167. The Morgan fingerprint density at radius 3 is 0.602 bits per heavy atom. The Bertz CT molecular complexity index is 3800. The fourth-order valence-corrected chi connectivity index (χ4v) is 12.6. The Kier molecular flexibility index (Phi) is 24.0. The summed E-state index contributed by atoms with van der Waals surface area (Å²) in [7, 11) is -4.92. The summed E-state index contributed by atoms with van der Waals surface area (Å²) in [5, 5.41) is 2.68. The Labute approximate surface area is 567 Å². The van der Waals surface area contributed by atoms with Crippen LogP contribution >= 0.6 is 0 Å². The first-order valence-corrected chi connectivity index (χ1v) is 34.7. The second kappa shape index (κ2) is 34.1. The fourth-order valence-electron chi connectivity index (χ4n) is 11.2. The molecule has 4 aromatic heterocycles. The molecule has 98 heavy (non-hydrogen) atoms. The van der Waals surface area contributed by atoms with Crippen LogP contribution in [0.2, 0.25) is 0 Å². The van der Waals surface area contributed by atoms with Crippen LogP contribution in [0.3, 0.4) is 0 Å². The summed E-state index contributed by atoms with van der Waals surface area (Å²) in [5.74, 6) is 5.03. The molecule has 4 aromatic carbocycles. The summed E-state index contributed by atoms with van der Waals surface area (Å²) in [6.07, 6.45) is 0. The van der Waals surface area contributed by atoms with Crippen LogP contribution in [0.1, 0.15) is 0 Å². The van der Waals surface area contributed by atoms with Gasteiger partial charge in [-0.2, -0.15) is 0 Å². The minimum atomic E-state index is -4.92. The van der Waals surface area contributed by atoms with E-state index in [9.17, 15) is 0 Å². The molecule has 32 nitrogen and oxygen atoms in total. The quantitative estimate of drug-likeness (QED) is 0.125. The van der Waals surface area contributed by atoms with Gasteiger partial charge in [-0.25, -0.2) is 8.42 Å². The maximum absolute atomic E-state index is 8.63. The predicted molar refractivity (Wildman–Crippen MR) is 346 cm³/mol. The summed E-state index contributed by atoms with van der Waals surface area (Å²) in [5.41, 5.74) is 4.54. The number of fused-ring (bicyclic) bond motifs is 20. The van der Waals surface area contributed by atoms with E-state index < -0.39 is 25.6 Å². The van der Waals surface area contributed by atoms with Gasteiger partial charge in [0.2, 0.25) is 10.4 Å². The van der Waals surface area contributed by atoms with Crippen molar-refractivity contribution in [2.45, 2.75) is 0 Å².